The van der Waals surface area contributed by atoms with E-state index < -0.39 is 0 Å². The Hall–Kier alpha value is -3.33. The van der Waals surface area contributed by atoms with Gasteiger partial charge in [0.25, 0.3) is 0 Å². The standard InChI is InChI=1S/C23H19NO2/c1-16-8-13-21-20(14-16)23(25)15-22(17-6-4-3-5-7-17)24(21)18-9-11-19(26-2)12-10-18/h3-15H,1-2H3. The Morgan fingerprint density at radius 1 is 0.846 bits per heavy atom. The predicted molar refractivity (Wildman–Crippen MR) is 106 cm³/mol. The molecule has 0 saturated heterocycles. The highest BCUT2D eigenvalue weighted by Crippen LogP contribution is 2.28. The zero-order chi connectivity index (χ0) is 18.1. The van der Waals surface area contributed by atoms with Crippen molar-refractivity contribution in [1.82, 2.24) is 4.57 Å². The quantitative estimate of drug-likeness (QED) is 0.526. The third-order valence-electron chi connectivity index (χ3n) is 4.57. The van der Waals surface area contributed by atoms with Crippen molar-refractivity contribution in [3.8, 4) is 22.7 Å². The number of fused-ring (bicyclic) bond motifs is 1. The molecule has 4 rings (SSSR count). The van der Waals surface area contributed by atoms with Gasteiger partial charge in [-0.3, -0.25) is 4.79 Å². The SMILES string of the molecule is COc1ccc(-n2c(-c3ccccc3)cc(=O)c3cc(C)ccc32)cc1. The van der Waals surface area contributed by atoms with E-state index in [1.165, 1.54) is 0 Å². The molecule has 0 aliphatic rings. The minimum atomic E-state index is 0.0346. The highest BCUT2D eigenvalue weighted by Gasteiger charge is 2.13. The van der Waals surface area contributed by atoms with Crippen LogP contribution in [0.3, 0.4) is 0 Å². The summed E-state index contributed by atoms with van der Waals surface area (Å²) in [5.74, 6) is 0.802. The molecule has 128 valence electrons. The fourth-order valence-electron chi connectivity index (χ4n) is 3.27. The summed E-state index contributed by atoms with van der Waals surface area (Å²) < 4.78 is 7.41. The second kappa shape index (κ2) is 6.52. The number of aromatic nitrogens is 1. The number of hydrogen-bond acceptors (Lipinski definition) is 2. The van der Waals surface area contributed by atoms with Gasteiger partial charge in [-0.2, -0.15) is 0 Å². The van der Waals surface area contributed by atoms with E-state index in [0.29, 0.717) is 0 Å². The van der Waals surface area contributed by atoms with Crippen LogP contribution in [0.1, 0.15) is 5.56 Å². The molecular weight excluding hydrogens is 322 g/mol. The van der Waals surface area contributed by atoms with Crippen molar-refractivity contribution in [2.75, 3.05) is 7.11 Å². The third-order valence-corrected chi connectivity index (χ3v) is 4.57. The van der Waals surface area contributed by atoms with Gasteiger partial charge in [0.05, 0.1) is 18.3 Å². The minimum absolute atomic E-state index is 0.0346. The summed E-state index contributed by atoms with van der Waals surface area (Å²) >= 11 is 0. The minimum Gasteiger partial charge on any atom is -0.497 e. The molecule has 1 heterocycles. The second-order valence-electron chi connectivity index (χ2n) is 6.31. The molecule has 4 aromatic rings. The number of nitrogens with zero attached hydrogens (tertiary/aromatic N) is 1. The third kappa shape index (κ3) is 2.78. The van der Waals surface area contributed by atoms with Crippen LogP contribution in [0, 0.1) is 6.92 Å². The number of ether oxygens (including phenoxy) is 1. The van der Waals surface area contributed by atoms with Gasteiger partial charge in [-0.1, -0.05) is 42.0 Å². The summed E-state index contributed by atoms with van der Waals surface area (Å²) in [7, 11) is 1.65. The molecule has 0 fully saturated rings. The Morgan fingerprint density at radius 2 is 1.58 bits per heavy atom. The van der Waals surface area contributed by atoms with Crippen molar-refractivity contribution in [2.24, 2.45) is 0 Å². The van der Waals surface area contributed by atoms with E-state index in [1.807, 2.05) is 79.7 Å². The zero-order valence-corrected chi connectivity index (χ0v) is 14.8. The number of rotatable bonds is 3. The second-order valence-corrected chi connectivity index (χ2v) is 6.31. The first-order chi connectivity index (χ1) is 12.7. The molecule has 0 spiro atoms. The average molecular weight is 341 g/mol. The van der Waals surface area contributed by atoms with Crippen LogP contribution in [-0.4, -0.2) is 11.7 Å². The molecule has 3 heteroatoms. The maximum absolute atomic E-state index is 12.8. The lowest BCUT2D eigenvalue weighted by Crippen LogP contribution is -2.10. The van der Waals surface area contributed by atoms with Crippen molar-refractivity contribution >= 4 is 10.9 Å². The summed E-state index contributed by atoms with van der Waals surface area (Å²) in [6.45, 7) is 2.00. The molecule has 1 aromatic heterocycles. The maximum atomic E-state index is 12.8. The first-order valence-corrected chi connectivity index (χ1v) is 8.53. The molecule has 0 aliphatic heterocycles. The van der Waals surface area contributed by atoms with Gasteiger partial charge >= 0.3 is 0 Å². The molecule has 26 heavy (non-hydrogen) atoms. The van der Waals surface area contributed by atoms with E-state index in [-0.39, 0.29) is 5.43 Å². The summed E-state index contributed by atoms with van der Waals surface area (Å²) in [5.41, 5.74) is 4.86. The molecule has 0 atom stereocenters. The van der Waals surface area contributed by atoms with E-state index in [4.69, 9.17) is 4.74 Å². The highest BCUT2D eigenvalue weighted by molar-refractivity contribution is 5.85. The Labute approximate surface area is 152 Å². The predicted octanol–water partition coefficient (Wildman–Crippen LogP) is 4.97. The van der Waals surface area contributed by atoms with Gasteiger partial charge in [0.1, 0.15) is 5.75 Å². The first kappa shape index (κ1) is 16.2. The Kier molecular flexibility index (Phi) is 4.05. The van der Waals surface area contributed by atoms with Crippen LogP contribution in [0.2, 0.25) is 0 Å². The Morgan fingerprint density at radius 3 is 2.27 bits per heavy atom. The van der Waals surface area contributed by atoms with Crippen LogP contribution >= 0.6 is 0 Å². The number of aryl methyl sites for hydroxylation is 1. The van der Waals surface area contributed by atoms with E-state index in [1.54, 1.807) is 13.2 Å². The topological polar surface area (TPSA) is 31.2 Å². The van der Waals surface area contributed by atoms with E-state index in [9.17, 15) is 4.79 Å². The van der Waals surface area contributed by atoms with E-state index in [2.05, 4.69) is 4.57 Å². The molecule has 0 N–H and O–H groups in total. The van der Waals surface area contributed by atoms with Gasteiger partial charge in [-0.15, -0.1) is 0 Å². The van der Waals surface area contributed by atoms with Gasteiger partial charge < -0.3 is 9.30 Å². The average Bonchev–Trinajstić information content (AvgIpc) is 2.69. The van der Waals surface area contributed by atoms with Crippen molar-refractivity contribution < 1.29 is 4.74 Å². The van der Waals surface area contributed by atoms with E-state index in [0.717, 1.165) is 39.2 Å². The number of pyridine rings is 1. The molecule has 0 radical (unpaired) electrons. The van der Waals surface area contributed by atoms with Gasteiger partial charge in [0, 0.05) is 17.1 Å². The number of hydrogen-bond donors (Lipinski definition) is 0. The lowest BCUT2D eigenvalue weighted by molar-refractivity contribution is 0.415. The van der Waals surface area contributed by atoms with Crippen LogP contribution in [0.25, 0.3) is 27.8 Å². The fourth-order valence-corrected chi connectivity index (χ4v) is 3.27. The Bertz CT molecular complexity index is 1130. The molecule has 3 aromatic carbocycles. The molecule has 0 bridgehead atoms. The number of benzene rings is 3. The molecule has 0 amide bonds. The Balaban J connectivity index is 2.09. The zero-order valence-electron chi connectivity index (χ0n) is 14.8. The molecule has 0 unspecified atom stereocenters. The van der Waals surface area contributed by atoms with Crippen molar-refractivity contribution in [1.29, 1.82) is 0 Å². The van der Waals surface area contributed by atoms with Crippen molar-refractivity contribution in [3.05, 3.63) is 94.6 Å². The summed E-state index contributed by atoms with van der Waals surface area (Å²) in [5, 5.41) is 0.723. The van der Waals surface area contributed by atoms with Crippen LogP contribution in [0.15, 0.2) is 83.7 Å². The van der Waals surface area contributed by atoms with E-state index >= 15 is 0 Å². The smallest absolute Gasteiger partial charge is 0.190 e. The highest BCUT2D eigenvalue weighted by atomic mass is 16.5. The van der Waals surface area contributed by atoms with Gasteiger partial charge in [0.15, 0.2) is 5.43 Å². The largest absolute Gasteiger partial charge is 0.497 e. The monoisotopic (exact) mass is 341 g/mol. The number of methoxy groups -OCH3 is 1. The summed E-state index contributed by atoms with van der Waals surface area (Å²) in [4.78, 5) is 12.8. The fraction of sp³-hybridized carbons (Fsp3) is 0.0870. The lowest BCUT2D eigenvalue weighted by Gasteiger charge is -2.18. The first-order valence-electron chi connectivity index (χ1n) is 8.53. The van der Waals surface area contributed by atoms with Crippen LogP contribution in [0.4, 0.5) is 0 Å². The molecule has 0 aliphatic carbocycles. The lowest BCUT2D eigenvalue weighted by atomic mass is 10.1. The van der Waals surface area contributed by atoms with Gasteiger partial charge in [-0.05, 0) is 48.9 Å². The summed E-state index contributed by atoms with van der Waals surface area (Å²) in [6.07, 6.45) is 0. The van der Waals surface area contributed by atoms with Gasteiger partial charge in [0.2, 0.25) is 0 Å². The normalized spacial score (nSPS) is 10.8. The molecule has 0 saturated carbocycles. The molecule has 3 nitrogen and oxygen atoms in total. The van der Waals surface area contributed by atoms with Crippen molar-refractivity contribution in [3.63, 3.8) is 0 Å². The van der Waals surface area contributed by atoms with Crippen molar-refractivity contribution in [2.45, 2.75) is 6.92 Å². The van der Waals surface area contributed by atoms with Crippen LogP contribution < -0.4 is 10.2 Å². The molecular formula is C23H19NO2. The maximum Gasteiger partial charge on any atom is 0.190 e. The van der Waals surface area contributed by atoms with Gasteiger partial charge in [-0.25, -0.2) is 0 Å². The van der Waals surface area contributed by atoms with Crippen LogP contribution in [-0.2, 0) is 0 Å². The summed E-state index contributed by atoms with van der Waals surface area (Å²) in [6, 6.07) is 25.6. The van der Waals surface area contributed by atoms with Crippen LogP contribution in [0.5, 0.6) is 5.75 Å².